The van der Waals surface area contributed by atoms with Crippen LogP contribution in [0.5, 0.6) is 0 Å². The number of hydrogen-bond donors (Lipinski definition) is 1. The predicted octanol–water partition coefficient (Wildman–Crippen LogP) is 1.94. The summed E-state index contributed by atoms with van der Waals surface area (Å²) < 4.78 is 60.9. The Morgan fingerprint density at radius 2 is 1.88 bits per heavy atom. The van der Waals surface area contributed by atoms with Crippen molar-refractivity contribution in [3.63, 3.8) is 0 Å². The number of halogens is 3. The SMILES string of the molecule is Cc1nnc(NCC2CCN(S(=O)(=O)C(F)(F)F)CC2)c(C#N)c1C. The highest BCUT2D eigenvalue weighted by Gasteiger charge is 2.50. The number of sulfonamides is 1. The Morgan fingerprint density at radius 1 is 1.28 bits per heavy atom. The number of rotatable bonds is 4. The number of nitriles is 1. The van der Waals surface area contributed by atoms with Gasteiger partial charge in [-0.2, -0.15) is 27.8 Å². The first-order valence-corrected chi connectivity index (χ1v) is 9.06. The minimum absolute atomic E-state index is 0.0189. The van der Waals surface area contributed by atoms with Gasteiger partial charge in [-0.25, -0.2) is 8.42 Å². The van der Waals surface area contributed by atoms with Gasteiger partial charge in [0.05, 0.1) is 5.69 Å². The van der Waals surface area contributed by atoms with Gasteiger partial charge in [-0.3, -0.25) is 0 Å². The van der Waals surface area contributed by atoms with Crippen molar-refractivity contribution >= 4 is 15.8 Å². The predicted molar refractivity (Wildman–Crippen MR) is 84.0 cm³/mol. The van der Waals surface area contributed by atoms with Crippen molar-refractivity contribution in [3.8, 4) is 6.07 Å². The van der Waals surface area contributed by atoms with E-state index in [2.05, 4.69) is 21.6 Å². The van der Waals surface area contributed by atoms with Crippen LogP contribution in [0.15, 0.2) is 0 Å². The first kappa shape index (κ1) is 19.4. The van der Waals surface area contributed by atoms with E-state index in [1.165, 1.54) is 0 Å². The van der Waals surface area contributed by atoms with E-state index in [4.69, 9.17) is 0 Å². The Labute approximate surface area is 143 Å². The van der Waals surface area contributed by atoms with Gasteiger partial charge in [0, 0.05) is 19.6 Å². The topological polar surface area (TPSA) is 99.0 Å². The first-order chi connectivity index (χ1) is 11.6. The number of piperidine rings is 1. The second-order valence-electron chi connectivity index (χ2n) is 5.92. The number of nitrogens with one attached hydrogen (secondary N) is 1. The minimum atomic E-state index is -5.27. The quantitative estimate of drug-likeness (QED) is 0.861. The number of alkyl halides is 3. The van der Waals surface area contributed by atoms with Crippen molar-refractivity contribution in [3.05, 3.63) is 16.8 Å². The summed E-state index contributed by atoms with van der Waals surface area (Å²) in [6.07, 6.45) is 0.588. The first-order valence-electron chi connectivity index (χ1n) is 7.62. The molecule has 138 valence electrons. The normalized spacial score (nSPS) is 17.3. The molecule has 0 atom stereocenters. The molecule has 0 unspecified atom stereocenters. The van der Waals surface area contributed by atoms with Crippen LogP contribution in [0.2, 0.25) is 0 Å². The van der Waals surface area contributed by atoms with Gasteiger partial charge in [0.25, 0.3) is 0 Å². The summed E-state index contributed by atoms with van der Waals surface area (Å²) in [5.74, 6) is 0.311. The molecule has 0 amide bonds. The summed E-state index contributed by atoms with van der Waals surface area (Å²) in [5.41, 5.74) is -3.53. The standard InChI is InChI=1S/C14H18F3N5O2S/c1-9-10(2)20-21-13(12(9)7-18)19-8-11-3-5-22(6-4-11)25(23,24)14(15,16)17/h11H,3-6,8H2,1-2H3,(H,19,21). The number of anilines is 1. The lowest BCUT2D eigenvalue weighted by Crippen LogP contribution is -2.45. The Hall–Kier alpha value is -1.93. The zero-order valence-corrected chi connectivity index (χ0v) is 14.6. The van der Waals surface area contributed by atoms with E-state index in [9.17, 15) is 26.9 Å². The van der Waals surface area contributed by atoms with E-state index >= 15 is 0 Å². The van der Waals surface area contributed by atoms with Crippen LogP contribution in [-0.2, 0) is 10.0 Å². The molecule has 1 N–H and O–H groups in total. The summed E-state index contributed by atoms with van der Waals surface area (Å²) >= 11 is 0. The molecule has 2 heterocycles. The van der Waals surface area contributed by atoms with Gasteiger partial charge in [-0.15, -0.1) is 5.10 Å². The monoisotopic (exact) mass is 377 g/mol. The van der Waals surface area contributed by atoms with Crippen molar-refractivity contribution in [2.24, 2.45) is 5.92 Å². The Morgan fingerprint density at radius 3 is 2.40 bits per heavy atom. The molecule has 1 aromatic heterocycles. The molecule has 1 fully saturated rings. The Kier molecular flexibility index (Phi) is 5.53. The lowest BCUT2D eigenvalue weighted by Gasteiger charge is -2.31. The molecular formula is C14H18F3N5O2S. The van der Waals surface area contributed by atoms with Crippen LogP contribution in [0.1, 0.15) is 29.7 Å². The van der Waals surface area contributed by atoms with Crippen LogP contribution in [0.3, 0.4) is 0 Å². The fourth-order valence-electron chi connectivity index (χ4n) is 2.61. The fourth-order valence-corrected chi connectivity index (χ4v) is 3.59. The second-order valence-corrected chi connectivity index (χ2v) is 7.85. The highest BCUT2D eigenvalue weighted by atomic mass is 32.2. The minimum Gasteiger partial charge on any atom is -0.367 e. The van der Waals surface area contributed by atoms with Crippen LogP contribution < -0.4 is 5.32 Å². The number of aromatic nitrogens is 2. The van der Waals surface area contributed by atoms with E-state index in [1.807, 2.05) is 0 Å². The summed E-state index contributed by atoms with van der Waals surface area (Å²) in [7, 11) is -5.26. The lowest BCUT2D eigenvalue weighted by molar-refractivity contribution is -0.0496. The van der Waals surface area contributed by atoms with Crippen LogP contribution in [-0.4, -0.2) is 48.1 Å². The molecule has 1 aliphatic heterocycles. The van der Waals surface area contributed by atoms with Crippen molar-refractivity contribution in [1.82, 2.24) is 14.5 Å². The molecule has 25 heavy (non-hydrogen) atoms. The average Bonchev–Trinajstić information content (AvgIpc) is 2.55. The molecule has 0 radical (unpaired) electrons. The summed E-state index contributed by atoms with van der Waals surface area (Å²) in [6, 6.07) is 2.06. The molecule has 2 rings (SSSR count). The summed E-state index contributed by atoms with van der Waals surface area (Å²) in [4.78, 5) is 0. The summed E-state index contributed by atoms with van der Waals surface area (Å²) in [6.45, 7) is 3.51. The fraction of sp³-hybridized carbons (Fsp3) is 0.643. The van der Waals surface area contributed by atoms with Crippen LogP contribution in [0.25, 0.3) is 0 Å². The molecule has 0 aliphatic carbocycles. The molecule has 1 aromatic rings. The van der Waals surface area contributed by atoms with Crippen molar-refractivity contribution < 1.29 is 21.6 Å². The zero-order valence-electron chi connectivity index (χ0n) is 13.8. The third-order valence-electron chi connectivity index (χ3n) is 4.33. The third-order valence-corrected chi connectivity index (χ3v) is 5.96. The zero-order chi connectivity index (χ0) is 18.8. The van der Waals surface area contributed by atoms with Gasteiger partial charge in [-0.1, -0.05) is 0 Å². The molecule has 7 nitrogen and oxygen atoms in total. The largest absolute Gasteiger partial charge is 0.511 e. The van der Waals surface area contributed by atoms with Crippen molar-refractivity contribution in [2.45, 2.75) is 32.2 Å². The van der Waals surface area contributed by atoms with E-state index in [0.29, 0.717) is 46.3 Å². The van der Waals surface area contributed by atoms with Crippen LogP contribution in [0, 0.1) is 31.1 Å². The molecule has 11 heteroatoms. The molecular weight excluding hydrogens is 359 g/mol. The molecule has 0 spiro atoms. The summed E-state index contributed by atoms with van der Waals surface area (Å²) in [5, 5.41) is 20.1. The van der Waals surface area contributed by atoms with Crippen molar-refractivity contribution in [2.75, 3.05) is 25.0 Å². The maximum Gasteiger partial charge on any atom is 0.511 e. The van der Waals surface area contributed by atoms with Gasteiger partial charge in [-0.05, 0) is 38.2 Å². The lowest BCUT2D eigenvalue weighted by atomic mass is 9.98. The second kappa shape index (κ2) is 7.13. The van der Waals surface area contributed by atoms with E-state index in [0.717, 1.165) is 0 Å². The Balaban J connectivity index is 1.96. The number of aryl methyl sites for hydroxylation is 1. The molecule has 0 aromatic carbocycles. The van der Waals surface area contributed by atoms with Gasteiger partial charge in [0.2, 0.25) is 0 Å². The van der Waals surface area contributed by atoms with Gasteiger partial charge in [0.15, 0.2) is 5.82 Å². The maximum atomic E-state index is 12.6. The highest BCUT2D eigenvalue weighted by Crippen LogP contribution is 2.30. The smallest absolute Gasteiger partial charge is 0.367 e. The van der Waals surface area contributed by atoms with Crippen LogP contribution in [0.4, 0.5) is 19.0 Å². The van der Waals surface area contributed by atoms with Gasteiger partial charge in [0.1, 0.15) is 11.6 Å². The molecule has 1 saturated heterocycles. The average molecular weight is 377 g/mol. The van der Waals surface area contributed by atoms with E-state index in [-0.39, 0.29) is 19.0 Å². The molecule has 1 aliphatic rings. The number of nitrogens with zero attached hydrogens (tertiary/aromatic N) is 4. The molecule has 0 bridgehead atoms. The van der Waals surface area contributed by atoms with Crippen molar-refractivity contribution in [1.29, 1.82) is 5.26 Å². The maximum absolute atomic E-state index is 12.6. The molecule has 0 saturated carbocycles. The van der Waals surface area contributed by atoms with E-state index < -0.39 is 15.5 Å². The highest BCUT2D eigenvalue weighted by molar-refractivity contribution is 7.90. The number of hydrogen-bond acceptors (Lipinski definition) is 6. The third kappa shape index (κ3) is 4.01. The van der Waals surface area contributed by atoms with Gasteiger partial charge < -0.3 is 5.32 Å². The van der Waals surface area contributed by atoms with Crippen LogP contribution >= 0.6 is 0 Å². The van der Waals surface area contributed by atoms with E-state index in [1.54, 1.807) is 13.8 Å². The van der Waals surface area contributed by atoms with Gasteiger partial charge >= 0.3 is 15.5 Å². The Bertz CT molecular complexity index is 781.